The highest BCUT2D eigenvalue weighted by atomic mass is 32.2. The number of hydrogen-bond donors (Lipinski definition) is 3. The fourth-order valence-electron chi connectivity index (χ4n) is 2.89. The van der Waals surface area contributed by atoms with E-state index < -0.39 is 39.9 Å². The molecule has 1 aromatic rings. The zero-order valence-electron chi connectivity index (χ0n) is 11.7. The van der Waals surface area contributed by atoms with Gasteiger partial charge in [0, 0.05) is 0 Å². The molecule has 9 heteroatoms. The van der Waals surface area contributed by atoms with Crippen LogP contribution in [0.2, 0.25) is 0 Å². The third kappa shape index (κ3) is 2.61. The van der Waals surface area contributed by atoms with E-state index in [2.05, 4.69) is 5.32 Å². The van der Waals surface area contributed by atoms with E-state index in [1.165, 1.54) is 12.1 Å². The second kappa shape index (κ2) is 5.40. The van der Waals surface area contributed by atoms with E-state index in [0.29, 0.717) is 9.87 Å². The van der Waals surface area contributed by atoms with Crippen molar-refractivity contribution in [2.45, 2.75) is 18.8 Å². The standard InChI is InChI=1S/C13H16FN3O4S/c14-10-5-9(8-1-3-15-4-2-8)6-11(18)13(10)17-7-12(19)16-22(17,20)21/h5-6,8,15,18H,1-4,7H2,(H,16,19). The number of anilines is 1. The van der Waals surface area contributed by atoms with E-state index >= 15 is 0 Å². The maximum Gasteiger partial charge on any atom is 0.326 e. The topological polar surface area (TPSA) is 98.7 Å². The van der Waals surface area contributed by atoms with Gasteiger partial charge in [-0.3, -0.25) is 4.79 Å². The number of benzene rings is 1. The quantitative estimate of drug-likeness (QED) is 0.719. The van der Waals surface area contributed by atoms with Gasteiger partial charge in [-0.25, -0.2) is 13.4 Å². The molecule has 3 rings (SSSR count). The van der Waals surface area contributed by atoms with Gasteiger partial charge in [-0.2, -0.15) is 8.42 Å². The molecule has 0 saturated carbocycles. The van der Waals surface area contributed by atoms with Crippen molar-refractivity contribution in [3.05, 3.63) is 23.5 Å². The van der Waals surface area contributed by atoms with E-state index in [9.17, 15) is 22.7 Å². The first kappa shape index (κ1) is 15.0. The van der Waals surface area contributed by atoms with Crippen molar-refractivity contribution in [1.29, 1.82) is 0 Å². The fraction of sp³-hybridized carbons (Fsp3) is 0.462. The minimum absolute atomic E-state index is 0.116. The van der Waals surface area contributed by atoms with Crippen LogP contribution in [0.4, 0.5) is 10.1 Å². The Bertz CT molecular complexity index is 693. The highest BCUT2D eigenvalue weighted by molar-refractivity contribution is 7.92. The Kier molecular flexibility index (Phi) is 3.69. The Balaban J connectivity index is 1.98. The number of halogens is 1. The summed E-state index contributed by atoms with van der Waals surface area (Å²) in [7, 11) is -4.15. The predicted molar refractivity (Wildman–Crippen MR) is 77.3 cm³/mol. The minimum atomic E-state index is -4.15. The first-order valence-electron chi connectivity index (χ1n) is 6.95. The third-order valence-corrected chi connectivity index (χ3v) is 5.32. The van der Waals surface area contributed by atoms with Crippen molar-refractivity contribution in [3.8, 4) is 5.75 Å². The predicted octanol–water partition coefficient (Wildman–Crippen LogP) is 0.179. The first-order valence-corrected chi connectivity index (χ1v) is 8.39. The maximum absolute atomic E-state index is 14.4. The molecule has 0 aromatic heterocycles. The zero-order chi connectivity index (χ0) is 15.9. The highest BCUT2D eigenvalue weighted by Gasteiger charge is 2.37. The molecule has 0 spiro atoms. The van der Waals surface area contributed by atoms with Crippen LogP contribution in [0.25, 0.3) is 0 Å². The van der Waals surface area contributed by atoms with Gasteiger partial charge < -0.3 is 10.4 Å². The highest BCUT2D eigenvalue weighted by Crippen LogP contribution is 2.37. The lowest BCUT2D eigenvalue weighted by Gasteiger charge is -2.24. The number of carbonyl (C=O) groups excluding carboxylic acids is 1. The van der Waals surface area contributed by atoms with Gasteiger partial charge in [0.1, 0.15) is 18.0 Å². The molecule has 0 aliphatic carbocycles. The third-order valence-electron chi connectivity index (χ3n) is 3.95. The minimum Gasteiger partial charge on any atom is -0.506 e. The van der Waals surface area contributed by atoms with Gasteiger partial charge in [-0.1, -0.05) is 0 Å². The smallest absolute Gasteiger partial charge is 0.326 e. The SMILES string of the molecule is O=C1CN(c2c(O)cc(C3CCNCC3)cc2F)S(=O)(=O)N1. The molecule has 0 unspecified atom stereocenters. The second-order valence-corrected chi connectivity index (χ2v) is 7.03. The number of nitrogens with one attached hydrogen (secondary N) is 2. The summed E-state index contributed by atoms with van der Waals surface area (Å²) in [6, 6.07) is 2.62. The molecule has 2 fully saturated rings. The molecule has 2 aliphatic heterocycles. The largest absolute Gasteiger partial charge is 0.506 e. The Morgan fingerprint density at radius 1 is 1.27 bits per heavy atom. The maximum atomic E-state index is 14.4. The van der Waals surface area contributed by atoms with Crippen LogP contribution in [0, 0.1) is 5.82 Å². The second-order valence-electron chi connectivity index (χ2n) is 5.43. The van der Waals surface area contributed by atoms with Gasteiger partial charge in [-0.05, 0) is 49.5 Å². The molecular formula is C13H16FN3O4S. The van der Waals surface area contributed by atoms with Gasteiger partial charge in [0.2, 0.25) is 0 Å². The molecular weight excluding hydrogens is 313 g/mol. The van der Waals surface area contributed by atoms with E-state index in [4.69, 9.17) is 0 Å². The van der Waals surface area contributed by atoms with Gasteiger partial charge in [0.05, 0.1) is 0 Å². The van der Waals surface area contributed by atoms with Crippen LogP contribution in [0.3, 0.4) is 0 Å². The molecule has 2 saturated heterocycles. The van der Waals surface area contributed by atoms with Crippen LogP contribution in [0.15, 0.2) is 12.1 Å². The lowest BCUT2D eigenvalue weighted by molar-refractivity contribution is -0.117. The lowest BCUT2D eigenvalue weighted by Crippen LogP contribution is -2.30. The van der Waals surface area contributed by atoms with Crippen LogP contribution in [-0.2, 0) is 15.0 Å². The van der Waals surface area contributed by atoms with Crippen molar-refractivity contribution < 1.29 is 22.7 Å². The van der Waals surface area contributed by atoms with E-state index in [1.807, 2.05) is 0 Å². The molecule has 0 atom stereocenters. The average Bonchev–Trinajstić information content (AvgIpc) is 2.72. The monoisotopic (exact) mass is 329 g/mol. The summed E-state index contributed by atoms with van der Waals surface area (Å²) in [6.07, 6.45) is 1.64. The number of nitrogens with zero attached hydrogens (tertiary/aromatic N) is 1. The number of piperidine rings is 1. The summed E-state index contributed by atoms with van der Waals surface area (Å²) in [6.45, 7) is 1.08. The number of phenolic OH excluding ortho intramolecular Hbond substituents is 1. The van der Waals surface area contributed by atoms with Crippen LogP contribution in [0.1, 0.15) is 24.3 Å². The molecule has 7 nitrogen and oxygen atoms in total. The molecule has 2 aliphatic rings. The summed E-state index contributed by atoms with van der Waals surface area (Å²) >= 11 is 0. The Labute approximate surface area is 127 Å². The fourth-order valence-corrected chi connectivity index (χ4v) is 4.06. The van der Waals surface area contributed by atoms with E-state index in [-0.39, 0.29) is 5.92 Å². The number of phenols is 1. The molecule has 1 amide bonds. The van der Waals surface area contributed by atoms with E-state index in [1.54, 1.807) is 4.72 Å². The molecule has 0 radical (unpaired) electrons. The summed E-state index contributed by atoms with van der Waals surface area (Å²) in [4.78, 5) is 11.2. The number of amides is 1. The van der Waals surface area contributed by atoms with Crippen LogP contribution < -0.4 is 14.3 Å². The number of aromatic hydroxyl groups is 1. The molecule has 120 valence electrons. The van der Waals surface area contributed by atoms with Crippen molar-refractivity contribution >= 4 is 21.8 Å². The average molecular weight is 329 g/mol. The summed E-state index contributed by atoms with van der Waals surface area (Å²) in [5.41, 5.74) is 0.146. The van der Waals surface area contributed by atoms with Crippen LogP contribution in [0.5, 0.6) is 5.75 Å². The Morgan fingerprint density at radius 2 is 1.95 bits per heavy atom. The summed E-state index contributed by atoms with van der Waals surface area (Å²) in [5.74, 6) is -1.98. The molecule has 3 N–H and O–H groups in total. The normalized spacial score (nSPS) is 21.9. The summed E-state index contributed by atoms with van der Waals surface area (Å²) < 4.78 is 40.2. The first-order chi connectivity index (χ1) is 10.4. The number of rotatable bonds is 2. The number of carbonyl (C=O) groups is 1. The van der Waals surface area contributed by atoms with Gasteiger partial charge in [-0.15, -0.1) is 0 Å². The summed E-state index contributed by atoms with van der Waals surface area (Å²) in [5, 5.41) is 13.3. The Morgan fingerprint density at radius 3 is 2.50 bits per heavy atom. The van der Waals surface area contributed by atoms with Crippen molar-refractivity contribution in [2.75, 3.05) is 23.9 Å². The van der Waals surface area contributed by atoms with Crippen LogP contribution in [-0.4, -0.2) is 39.1 Å². The van der Waals surface area contributed by atoms with Crippen molar-refractivity contribution in [3.63, 3.8) is 0 Å². The van der Waals surface area contributed by atoms with Crippen molar-refractivity contribution in [1.82, 2.24) is 10.0 Å². The molecule has 22 heavy (non-hydrogen) atoms. The molecule has 2 heterocycles. The molecule has 1 aromatic carbocycles. The molecule has 0 bridgehead atoms. The zero-order valence-corrected chi connectivity index (χ0v) is 12.5. The van der Waals surface area contributed by atoms with E-state index in [0.717, 1.165) is 25.9 Å². The Hall–Kier alpha value is -1.87. The van der Waals surface area contributed by atoms with Gasteiger partial charge >= 0.3 is 10.2 Å². The lowest BCUT2D eigenvalue weighted by atomic mass is 9.90. The van der Waals surface area contributed by atoms with Gasteiger partial charge in [0.15, 0.2) is 5.82 Å². The number of hydrogen-bond acceptors (Lipinski definition) is 5. The van der Waals surface area contributed by atoms with Crippen molar-refractivity contribution in [2.24, 2.45) is 0 Å². The van der Waals surface area contributed by atoms with Crippen LogP contribution >= 0.6 is 0 Å². The van der Waals surface area contributed by atoms with Gasteiger partial charge in [0.25, 0.3) is 5.91 Å².